The number of aryl methyl sites for hydroxylation is 1. The summed E-state index contributed by atoms with van der Waals surface area (Å²) in [6.07, 6.45) is 4.59. The van der Waals surface area contributed by atoms with Gasteiger partial charge in [0.15, 0.2) is 0 Å². The van der Waals surface area contributed by atoms with Gasteiger partial charge in [-0.2, -0.15) is 0 Å². The third-order valence-corrected chi connectivity index (χ3v) is 8.82. The van der Waals surface area contributed by atoms with Crippen molar-refractivity contribution in [2.45, 2.75) is 89.3 Å². The van der Waals surface area contributed by atoms with Gasteiger partial charge in [-0.15, -0.1) is 0 Å². The summed E-state index contributed by atoms with van der Waals surface area (Å²) >= 11 is 0. The van der Waals surface area contributed by atoms with E-state index in [-0.39, 0.29) is 49.1 Å². The summed E-state index contributed by atoms with van der Waals surface area (Å²) in [5.41, 5.74) is 2.92. The molecule has 0 aromatic heterocycles. The quantitative estimate of drug-likeness (QED) is 0.366. The second kappa shape index (κ2) is 16.3. The van der Waals surface area contributed by atoms with Crippen molar-refractivity contribution in [2.75, 3.05) is 40.0 Å². The Labute approximate surface area is 261 Å². The molecule has 44 heavy (non-hydrogen) atoms. The van der Waals surface area contributed by atoms with Crippen molar-refractivity contribution in [2.24, 2.45) is 5.92 Å². The number of rotatable bonds is 10. The molecule has 2 aliphatic rings. The fraction of sp³-hybridized carbons (Fsp3) is 0.600. The zero-order valence-electron chi connectivity index (χ0n) is 26.6. The van der Waals surface area contributed by atoms with Gasteiger partial charge < -0.3 is 30.1 Å². The molecular formula is C35H50FN3O5. The normalized spacial score (nSPS) is 22.1. The van der Waals surface area contributed by atoms with Crippen molar-refractivity contribution in [3.05, 3.63) is 65.0 Å². The molecule has 2 aromatic rings. The van der Waals surface area contributed by atoms with Crippen LogP contribution >= 0.6 is 0 Å². The van der Waals surface area contributed by atoms with E-state index in [0.29, 0.717) is 50.5 Å². The van der Waals surface area contributed by atoms with Gasteiger partial charge in [0.2, 0.25) is 11.8 Å². The van der Waals surface area contributed by atoms with Crippen molar-refractivity contribution >= 4 is 11.8 Å². The number of hydrogen-bond acceptors (Lipinski definition) is 6. The standard InChI is InChI=1S/C35H50FN3O5/c1-4-15-39-16-12-26(23-43-3)24-44-30-19-27(18-29(36)21-30)20-31(38-33(41)10-7-11-34(39)42)32(40)22-37-35(13-14-35)28-9-6-8-25(5-2)17-28/h6,8-9,17-19,21,26,31-32,37,40H,4-5,7,10-16,20,22-24H2,1-3H3,(H,38,41)/t26?,31-,32+/m0/s1. The average molecular weight is 612 g/mol. The first kappa shape index (κ1) is 33.9. The third kappa shape index (κ3) is 9.74. The lowest BCUT2D eigenvalue weighted by Crippen LogP contribution is -2.50. The van der Waals surface area contributed by atoms with Gasteiger partial charge >= 0.3 is 0 Å². The van der Waals surface area contributed by atoms with E-state index in [9.17, 15) is 19.1 Å². The molecule has 4 rings (SSSR count). The van der Waals surface area contributed by atoms with Crippen LogP contribution in [0.5, 0.6) is 5.75 Å². The van der Waals surface area contributed by atoms with Crippen LogP contribution in [0.2, 0.25) is 0 Å². The number of methoxy groups -OCH3 is 1. The fourth-order valence-corrected chi connectivity index (χ4v) is 6.05. The first-order chi connectivity index (χ1) is 21.2. The van der Waals surface area contributed by atoms with Gasteiger partial charge in [-0.25, -0.2) is 4.39 Å². The van der Waals surface area contributed by atoms with Gasteiger partial charge in [0.1, 0.15) is 11.6 Å². The largest absolute Gasteiger partial charge is 0.493 e. The zero-order chi connectivity index (χ0) is 31.5. The molecule has 3 atom stereocenters. The summed E-state index contributed by atoms with van der Waals surface area (Å²) < 4.78 is 26.2. The van der Waals surface area contributed by atoms with E-state index in [4.69, 9.17) is 9.47 Å². The molecule has 2 amide bonds. The number of nitrogens with one attached hydrogen (secondary N) is 2. The van der Waals surface area contributed by atoms with Crippen LogP contribution in [0.25, 0.3) is 0 Å². The number of aliphatic hydroxyl groups is 1. The highest BCUT2D eigenvalue weighted by Crippen LogP contribution is 2.45. The number of carbonyl (C=O) groups is 2. The van der Waals surface area contributed by atoms with E-state index in [0.717, 1.165) is 25.7 Å². The number of amides is 2. The zero-order valence-corrected chi connectivity index (χ0v) is 26.6. The lowest BCUT2D eigenvalue weighted by Gasteiger charge is -2.27. The molecule has 1 aliphatic heterocycles. The van der Waals surface area contributed by atoms with Gasteiger partial charge in [0.05, 0.1) is 25.4 Å². The predicted octanol–water partition coefficient (Wildman–Crippen LogP) is 4.51. The second-order valence-electron chi connectivity index (χ2n) is 12.4. The topological polar surface area (TPSA) is 100 Å². The summed E-state index contributed by atoms with van der Waals surface area (Å²) in [6, 6.07) is 12.4. The number of halogens is 1. The summed E-state index contributed by atoms with van der Waals surface area (Å²) in [4.78, 5) is 28.0. The molecule has 1 heterocycles. The number of nitrogens with zero attached hydrogens (tertiary/aromatic N) is 1. The van der Waals surface area contributed by atoms with E-state index in [1.165, 1.54) is 23.3 Å². The van der Waals surface area contributed by atoms with E-state index in [2.05, 4.69) is 41.8 Å². The minimum atomic E-state index is -0.923. The Morgan fingerprint density at radius 2 is 2.00 bits per heavy atom. The Hall–Kier alpha value is -3.01. The van der Waals surface area contributed by atoms with Gasteiger partial charge in [-0.05, 0) is 73.8 Å². The number of carbonyl (C=O) groups excluding carboxylic acids is 2. The van der Waals surface area contributed by atoms with E-state index in [1.807, 2.05) is 11.8 Å². The van der Waals surface area contributed by atoms with Crippen molar-refractivity contribution in [3.8, 4) is 5.75 Å². The number of benzene rings is 2. The van der Waals surface area contributed by atoms with Crippen molar-refractivity contribution < 1.29 is 28.6 Å². The SMILES string of the molecule is CCCN1CCC(COC)COc2cc(F)cc(c2)C[C@@H]([C@H](O)CNC2(c3cccc(CC)c3)CC2)NC(=O)CCCC1=O. The third-order valence-electron chi connectivity index (χ3n) is 8.82. The summed E-state index contributed by atoms with van der Waals surface area (Å²) in [5, 5.41) is 18.0. The van der Waals surface area contributed by atoms with Crippen molar-refractivity contribution in [1.82, 2.24) is 15.5 Å². The molecule has 1 saturated carbocycles. The van der Waals surface area contributed by atoms with Crippen molar-refractivity contribution in [3.63, 3.8) is 0 Å². The molecule has 1 aliphatic carbocycles. The van der Waals surface area contributed by atoms with Crippen LogP contribution in [0.4, 0.5) is 4.39 Å². The number of ether oxygens (including phenoxy) is 2. The second-order valence-corrected chi connectivity index (χ2v) is 12.4. The fourth-order valence-electron chi connectivity index (χ4n) is 6.05. The molecule has 1 unspecified atom stereocenters. The minimum absolute atomic E-state index is 0.0196. The Balaban J connectivity index is 1.52. The highest BCUT2D eigenvalue weighted by molar-refractivity contribution is 5.79. The maximum atomic E-state index is 14.8. The van der Waals surface area contributed by atoms with Gasteiger partial charge in [-0.3, -0.25) is 9.59 Å². The van der Waals surface area contributed by atoms with Crippen LogP contribution in [0.1, 0.15) is 75.5 Å². The Morgan fingerprint density at radius 1 is 1.18 bits per heavy atom. The highest BCUT2D eigenvalue weighted by Gasteiger charge is 2.44. The van der Waals surface area contributed by atoms with Crippen molar-refractivity contribution in [1.29, 1.82) is 0 Å². The maximum Gasteiger partial charge on any atom is 0.222 e. The molecule has 0 saturated heterocycles. The number of fused-ring (bicyclic) bond motifs is 2. The molecule has 1 fully saturated rings. The summed E-state index contributed by atoms with van der Waals surface area (Å²) in [6.45, 7) is 6.42. The Morgan fingerprint density at radius 3 is 2.73 bits per heavy atom. The molecule has 3 N–H and O–H groups in total. The monoisotopic (exact) mass is 611 g/mol. The molecular weight excluding hydrogens is 561 g/mol. The molecule has 8 nitrogen and oxygen atoms in total. The van der Waals surface area contributed by atoms with Gasteiger partial charge in [0, 0.05) is 57.1 Å². The molecule has 0 radical (unpaired) electrons. The van der Waals surface area contributed by atoms with E-state index in [1.54, 1.807) is 13.2 Å². The first-order valence-corrected chi connectivity index (χ1v) is 16.3. The van der Waals surface area contributed by atoms with Crippen LogP contribution in [-0.2, 0) is 32.7 Å². The first-order valence-electron chi connectivity index (χ1n) is 16.3. The van der Waals surface area contributed by atoms with E-state index >= 15 is 0 Å². The van der Waals surface area contributed by atoms with Crippen LogP contribution in [0.15, 0.2) is 42.5 Å². The molecule has 2 bridgehead atoms. The van der Waals surface area contributed by atoms with Gasteiger partial charge in [-0.1, -0.05) is 38.1 Å². The van der Waals surface area contributed by atoms with Crippen LogP contribution in [-0.4, -0.2) is 73.9 Å². The van der Waals surface area contributed by atoms with Crippen LogP contribution in [0, 0.1) is 11.7 Å². The summed E-state index contributed by atoms with van der Waals surface area (Å²) in [5.74, 6) is -0.247. The van der Waals surface area contributed by atoms with Crippen LogP contribution < -0.4 is 15.4 Å². The lowest BCUT2D eigenvalue weighted by molar-refractivity contribution is -0.131. The Bertz CT molecular complexity index is 1240. The summed E-state index contributed by atoms with van der Waals surface area (Å²) in [7, 11) is 1.63. The van der Waals surface area contributed by atoms with E-state index < -0.39 is 18.0 Å². The Kier molecular flexibility index (Phi) is 12.6. The smallest absolute Gasteiger partial charge is 0.222 e. The highest BCUT2D eigenvalue weighted by atomic mass is 19.1. The molecule has 242 valence electrons. The molecule has 9 heteroatoms. The van der Waals surface area contributed by atoms with Gasteiger partial charge in [0.25, 0.3) is 0 Å². The lowest BCUT2D eigenvalue weighted by atomic mass is 9.98. The van der Waals surface area contributed by atoms with Crippen LogP contribution in [0.3, 0.4) is 0 Å². The molecule has 0 spiro atoms. The maximum absolute atomic E-state index is 14.8. The minimum Gasteiger partial charge on any atom is -0.493 e. The number of aliphatic hydroxyl groups excluding tert-OH is 1. The predicted molar refractivity (Wildman–Crippen MR) is 169 cm³/mol. The number of hydrogen-bond donors (Lipinski definition) is 3. The molecule has 2 aromatic carbocycles. The average Bonchev–Trinajstić information content (AvgIpc) is 3.80.